The van der Waals surface area contributed by atoms with Gasteiger partial charge < -0.3 is 4.90 Å². The number of anilines is 1. The molecule has 1 aromatic heterocycles. The second kappa shape index (κ2) is 5.87. The highest BCUT2D eigenvalue weighted by molar-refractivity contribution is 6.16. The van der Waals surface area contributed by atoms with E-state index in [0.717, 1.165) is 24.6 Å². The molecule has 0 bridgehead atoms. The summed E-state index contributed by atoms with van der Waals surface area (Å²) in [4.78, 5) is 2.34. The minimum absolute atomic E-state index is 0.433. The minimum Gasteiger partial charge on any atom is -0.355 e. The monoisotopic (exact) mass is 267 g/mol. The van der Waals surface area contributed by atoms with Crippen molar-refractivity contribution in [1.82, 2.24) is 10.2 Å². The van der Waals surface area contributed by atoms with Crippen LogP contribution in [-0.4, -0.2) is 23.3 Å². The zero-order valence-corrected chi connectivity index (χ0v) is 12.1. The van der Waals surface area contributed by atoms with Gasteiger partial charge in [0.25, 0.3) is 0 Å². The minimum atomic E-state index is 0.433. The molecule has 3 nitrogen and oxygen atoms in total. The molecule has 0 radical (unpaired) electrons. The fourth-order valence-corrected chi connectivity index (χ4v) is 2.90. The average Bonchev–Trinajstić information content (AvgIpc) is 2.47. The summed E-state index contributed by atoms with van der Waals surface area (Å²) in [6.07, 6.45) is 5.10. The van der Waals surface area contributed by atoms with Crippen molar-refractivity contribution in [3.8, 4) is 0 Å². The fourth-order valence-electron chi connectivity index (χ4n) is 2.76. The van der Waals surface area contributed by atoms with E-state index in [1.54, 1.807) is 0 Å². The molecule has 0 aromatic carbocycles. The third kappa shape index (κ3) is 2.77. The maximum atomic E-state index is 5.72. The van der Waals surface area contributed by atoms with Gasteiger partial charge in [0.1, 0.15) is 0 Å². The van der Waals surface area contributed by atoms with E-state index in [0.29, 0.717) is 11.3 Å². The predicted molar refractivity (Wildman–Crippen MR) is 76.1 cm³/mol. The number of hydrogen-bond acceptors (Lipinski definition) is 3. The molecule has 0 spiro atoms. The van der Waals surface area contributed by atoms with Gasteiger partial charge in [0.2, 0.25) is 0 Å². The molecule has 2 rings (SSSR count). The second-order valence-corrected chi connectivity index (χ2v) is 5.48. The third-order valence-corrected chi connectivity index (χ3v) is 4.76. The molecule has 1 saturated heterocycles. The summed E-state index contributed by atoms with van der Waals surface area (Å²) in [6, 6.07) is 4.01. The number of alkyl halides is 1. The number of piperidine rings is 1. The largest absolute Gasteiger partial charge is 0.355 e. The molecule has 1 aromatic rings. The third-order valence-electron chi connectivity index (χ3n) is 4.49. The van der Waals surface area contributed by atoms with Gasteiger partial charge in [-0.15, -0.1) is 16.7 Å². The van der Waals surface area contributed by atoms with E-state index in [4.69, 9.17) is 11.6 Å². The summed E-state index contributed by atoms with van der Waals surface area (Å²) in [7, 11) is 0. The van der Waals surface area contributed by atoms with Gasteiger partial charge in [0.15, 0.2) is 5.82 Å². The van der Waals surface area contributed by atoms with Crippen LogP contribution >= 0.6 is 11.6 Å². The molecule has 1 aliphatic heterocycles. The number of aromatic nitrogens is 2. The van der Waals surface area contributed by atoms with Crippen molar-refractivity contribution in [3.63, 3.8) is 0 Å². The van der Waals surface area contributed by atoms with Crippen LogP contribution in [0.1, 0.15) is 45.2 Å². The summed E-state index contributed by atoms with van der Waals surface area (Å²) in [6.45, 7) is 6.82. The Morgan fingerprint density at radius 3 is 2.28 bits per heavy atom. The first-order valence-electron chi connectivity index (χ1n) is 6.86. The van der Waals surface area contributed by atoms with Crippen LogP contribution in [0, 0.1) is 5.41 Å². The van der Waals surface area contributed by atoms with E-state index in [1.807, 2.05) is 12.1 Å². The Morgan fingerprint density at radius 1 is 1.17 bits per heavy atom. The molecule has 0 atom stereocenters. The number of halogens is 1. The first-order chi connectivity index (χ1) is 8.73. The van der Waals surface area contributed by atoms with Crippen molar-refractivity contribution in [2.24, 2.45) is 5.41 Å². The lowest BCUT2D eigenvalue weighted by Crippen LogP contribution is -2.40. The Hall–Kier alpha value is -0.830. The van der Waals surface area contributed by atoms with E-state index in [-0.39, 0.29) is 0 Å². The van der Waals surface area contributed by atoms with E-state index >= 15 is 0 Å². The van der Waals surface area contributed by atoms with Gasteiger partial charge in [-0.1, -0.05) is 26.7 Å². The molecule has 2 heterocycles. The second-order valence-electron chi connectivity index (χ2n) is 5.21. The van der Waals surface area contributed by atoms with Crippen LogP contribution in [-0.2, 0) is 5.88 Å². The van der Waals surface area contributed by atoms with Crippen molar-refractivity contribution >= 4 is 17.4 Å². The van der Waals surface area contributed by atoms with E-state index in [9.17, 15) is 0 Å². The van der Waals surface area contributed by atoms with Crippen molar-refractivity contribution < 1.29 is 0 Å². The van der Waals surface area contributed by atoms with Crippen LogP contribution in [0.25, 0.3) is 0 Å². The van der Waals surface area contributed by atoms with Gasteiger partial charge in [0.05, 0.1) is 11.6 Å². The molecular formula is C14H22ClN3. The highest BCUT2D eigenvalue weighted by Crippen LogP contribution is 2.38. The Labute approximate surface area is 115 Å². The van der Waals surface area contributed by atoms with Crippen LogP contribution in [0.4, 0.5) is 5.82 Å². The molecule has 0 unspecified atom stereocenters. The maximum absolute atomic E-state index is 5.72. The normalized spacial score (nSPS) is 18.9. The van der Waals surface area contributed by atoms with Crippen LogP contribution in [0.3, 0.4) is 0 Å². The zero-order chi connectivity index (χ0) is 13.0. The Balaban J connectivity index is 2.00. The van der Waals surface area contributed by atoms with Crippen molar-refractivity contribution in [2.45, 2.75) is 45.4 Å². The fraction of sp³-hybridized carbons (Fsp3) is 0.714. The number of hydrogen-bond donors (Lipinski definition) is 0. The SMILES string of the molecule is CCC1(CC)CCN(c2ccc(CCl)nn2)CC1. The zero-order valence-electron chi connectivity index (χ0n) is 11.3. The molecule has 18 heavy (non-hydrogen) atoms. The molecule has 0 saturated carbocycles. The summed E-state index contributed by atoms with van der Waals surface area (Å²) >= 11 is 5.72. The summed E-state index contributed by atoms with van der Waals surface area (Å²) < 4.78 is 0. The highest BCUT2D eigenvalue weighted by atomic mass is 35.5. The Morgan fingerprint density at radius 2 is 1.83 bits per heavy atom. The standard InChI is InChI=1S/C14H22ClN3/c1-3-14(4-2)7-9-18(10-8-14)13-6-5-12(11-15)16-17-13/h5-6H,3-4,7-11H2,1-2H3. The van der Waals surface area contributed by atoms with Crippen LogP contribution in [0.15, 0.2) is 12.1 Å². The van der Waals surface area contributed by atoms with Gasteiger partial charge in [-0.2, -0.15) is 5.10 Å². The molecule has 1 aliphatic rings. The topological polar surface area (TPSA) is 29.0 Å². The predicted octanol–water partition coefficient (Wildman–Crippen LogP) is 3.62. The molecule has 1 fully saturated rings. The Bertz CT molecular complexity index is 363. The van der Waals surface area contributed by atoms with Crippen molar-refractivity contribution in [2.75, 3.05) is 18.0 Å². The summed E-state index contributed by atoms with van der Waals surface area (Å²) in [5.41, 5.74) is 1.40. The van der Waals surface area contributed by atoms with E-state index in [1.165, 1.54) is 25.7 Å². The van der Waals surface area contributed by atoms with Crippen LogP contribution < -0.4 is 4.90 Å². The maximum Gasteiger partial charge on any atom is 0.151 e. The molecule has 4 heteroatoms. The first-order valence-corrected chi connectivity index (χ1v) is 7.40. The van der Waals surface area contributed by atoms with Crippen LogP contribution in [0.5, 0.6) is 0 Å². The highest BCUT2D eigenvalue weighted by Gasteiger charge is 2.31. The first kappa shape index (κ1) is 13.6. The van der Waals surface area contributed by atoms with Crippen molar-refractivity contribution in [1.29, 1.82) is 0 Å². The van der Waals surface area contributed by atoms with Gasteiger partial charge in [-0.3, -0.25) is 0 Å². The lowest BCUT2D eigenvalue weighted by atomic mass is 9.74. The number of nitrogens with zero attached hydrogens (tertiary/aromatic N) is 3. The van der Waals surface area contributed by atoms with Crippen molar-refractivity contribution in [3.05, 3.63) is 17.8 Å². The Kier molecular flexibility index (Phi) is 4.44. The smallest absolute Gasteiger partial charge is 0.151 e. The van der Waals surface area contributed by atoms with Gasteiger partial charge in [-0.05, 0) is 30.4 Å². The molecular weight excluding hydrogens is 246 g/mol. The quantitative estimate of drug-likeness (QED) is 0.780. The molecule has 0 aliphatic carbocycles. The summed E-state index contributed by atoms with van der Waals surface area (Å²) in [5.74, 6) is 1.42. The average molecular weight is 268 g/mol. The lowest BCUT2D eigenvalue weighted by molar-refractivity contribution is 0.199. The summed E-state index contributed by atoms with van der Waals surface area (Å²) in [5, 5.41) is 8.39. The molecule has 100 valence electrons. The molecule has 0 N–H and O–H groups in total. The van der Waals surface area contributed by atoms with E-state index in [2.05, 4.69) is 28.9 Å². The lowest BCUT2D eigenvalue weighted by Gasteiger charge is -2.41. The van der Waals surface area contributed by atoms with Gasteiger partial charge >= 0.3 is 0 Å². The van der Waals surface area contributed by atoms with Crippen LogP contribution in [0.2, 0.25) is 0 Å². The number of rotatable bonds is 4. The molecule has 0 amide bonds. The van der Waals surface area contributed by atoms with Gasteiger partial charge in [0, 0.05) is 13.1 Å². The van der Waals surface area contributed by atoms with E-state index < -0.39 is 0 Å². The van der Waals surface area contributed by atoms with Gasteiger partial charge in [-0.25, -0.2) is 0 Å².